The summed E-state index contributed by atoms with van der Waals surface area (Å²) in [4.78, 5) is 16.0. The van der Waals surface area contributed by atoms with E-state index < -0.39 is 16.0 Å². The van der Waals surface area contributed by atoms with Gasteiger partial charge in [-0.1, -0.05) is 0 Å². The summed E-state index contributed by atoms with van der Waals surface area (Å²) in [5.74, 6) is -0.0224. The van der Waals surface area contributed by atoms with Crippen LogP contribution in [-0.2, 0) is 14.8 Å². The van der Waals surface area contributed by atoms with Gasteiger partial charge in [0, 0.05) is 25.3 Å². The Bertz CT molecular complexity index is 633. The molecule has 1 fully saturated rings. The van der Waals surface area contributed by atoms with E-state index in [0.717, 1.165) is 12.8 Å². The van der Waals surface area contributed by atoms with Crippen LogP contribution < -0.4 is 5.32 Å². The Balaban J connectivity index is 2.07. The van der Waals surface area contributed by atoms with E-state index in [-0.39, 0.29) is 12.6 Å². The van der Waals surface area contributed by atoms with Crippen LogP contribution in [-0.4, -0.2) is 55.7 Å². The van der Waals surface area contributed by atoms with Gasteiger partial charge in [-0.05, 0) is 31.9 Å². The van der Waals surface area contributed by atoms with E-state index in [1.807, 2.05) is 0 Å². The van der Waals surface area contributed by atoms with Gasteiger partial charge >= 0.3 is 5.97 Å². The second-order valence-electron chi connectivity index (χ2n) is 5.17. The van der Waals surface area contributed by atoms with E-state index in [0.29, 0.717) is 24.5 Å². The topological polar surface area (TPSA) is 88.6 Å². The zero-order chi connectivity index (χ0) is 16.2. The summed E-state index contributed by atoms with van der Waals surface area (Å²) in [7, 11) is -3.21. The molecular formula is C14H21N3O4S. The summed E-state index contributed by atoms with van der Waals surface area (Å²) in [5, 5.41) is 3.08. The molecule has 1 atom stereocenters. The Morgan fingerprint density at radius 2 is 2.32 bits per heavy atom. The summed E-state index contributed by atoms with van der Waals surface area (Å²) in [6.45, 7) is 2.98. The van der Waals surface area contributed by atoms with Gasteiger partial charge in [0.05, 0.1) is 12.9 Å². The minimum atomic E-state index is -3.21. The molecule has 7 nitrogen and oxygen atoms in total. The lowest BCUT2D eigenvalue weighted by atomic mass is 10.2. The Hall–Kier alpha value is -1.67. The van der Waals surface area contributed by atoms with Crippen molar-refractivity contribution in [1.82, 2.24) is 9.29 Å². The van der Waals surface area contributed by atoms with E-state index in [9.17, 15) is 13.2 Å². The van der Waals surface area contributed by atoms with Crippen LogP contribution in [0.5, 0.6) is 0 Å². The minimum absolute atomic E-state index is 0.118. The molecule has 0 aromatic carbocycles. The number of hydrogen-bond donors (Lipinski definition) is 1. The Morgan fingerprint density at radius 3 is 3.00 bits per heavy atom. The maximum atomic E-state index is 11.9. The van der Waals surface area contributed by atoms with Gasteiger partial charge in [0.15, 0.2) is 0 Å². The van der Waals surface area contributed by atoms with Gasteiger partial charge < -0.3 is 10.1 Å². The van der Waals surface area contributed by atoms with Crippen molar-refractivity contribution in [3.63, 3.8) is 0 Å². The molecule has 0 aliphatic carbocycles. The number of anilines is 1. The van der Waals surface area contributed by atoms with Crippen LogP contribution in [0.3, 0.4) is 0 Å². The van der Waals surface area contributed by atoms with Crippen LogP contribution in [0.15, 0.2) is 18.3 Å². The number of pyridine rings is 1. The lowest BCUT2D eigenvalue weighted by Gasteiger charge is -2.22. The molecule has 8 heteroatoms. The Labute approximate surface area is 130 Å². The molecule has 1 aromatic heterocycles. The van der Waals surface area contributed by atoms with Gasteiger partial charge in [0.1, 0.15) is 11.4 Å². The lowest BCUT2D eigenvalue weighted by molar-refractivity contribution is 0.0527. The highest BCUT2D eigenvalue weighted by molar-refractivity contribution is 7.88. The predicted molar refractivity (Wildman–Crippen MR) is 83.3 cm³/mol. The average molecular weight is 327 g/mol. The third kappa shape index (κ3) is 3.95. The number of ether oxygens (including phenoxy) is 1. The summed E-state index contributed by atoms with van der Waals surface area (Å²) in [5.41, 5.74) is 0.355. The number of esters is 1. The fourth-order valence-electron chi connectivity index (χ4n) is 2.58. The van der Waals surface area contributed by atoms with Gasteiger partial charge in [0.2, 0.25) is 10.0 Å². The number of hydrogen-bond acceptors (Lipinski definition) is 6. The molecule has 22 heavy (non-hydrogen) atoms. The molecule has 0 bridgehead atoms. The average Bonchev–Trinajstić information content (AvgIpc) is 2.94. The standard InChI is InChI=1S/C14H21N3O4S/c1-3-21-14(18)12-7-4-8-15-13(12)16-10-11-6-5-9-17(11)22(2,19)20/h4,7-8,11H,3,5-6,9-10H2,1-2H3,(H,15,16)/t11-/m1/s1. The minimum Gasteiger partial charge on any atom is -0.462 e. The maximum absolute atomic E-state index is 11.9. The monoisotopic (exact) mass is 327 g/mol. The Kier molecular flexibility index (Phi) is 5.36. The molecular weight excluding hydrogens is 306 g/mol. The SMILES string of the molecule is CCOC(=O)c1cccnc1NC[C@H]1CCCN1S(C)(=O)=O. The molecule has 0 radical (unpaired) electrons. The summed E-state index contributed by atoms with van der Waals surface area (Å²) in [6.07, 6.45) is 4.43. The fraction of sp³-hybridized carbons (Fsp3) is 0.571. The molecule has 0 spiro atoms. The second-order valence-corrected chi connectivity index (χ2v) is 7.11. The number of sulfonamides is 1. The highest BCUT2D eigenvalue weighted by Gasteiger charge is 2.31. The van der Waals surface area contributed by atoms with Crippen molar-refractivity contribution >= 4 is 21.8 Å². The fourth-order valence-corrected chi connectivity index (χ4v) is 3.77. The first-order chi connectivity index (χ1) is 10.4. The van der Waals surface area contributed by atoms with E-state index in [1.165, 1.54) is 10.6 Å². The van der Waals surface area contributed by atoms with Crippen LogP contribution in [0.25, 0.3) is 0 Å². The summed E-state index contributed by atoms with van der Waals surface area (Å²) >= 11 is 0. The molecule has 122 valence electrons. The molecule has 1 N–H and O–H groups in total. The van der Waals surface area contributed by atoms with Crippen molar-refractivity contribution in [3.05, 3.63) is 23.9 Å². The van der Waals surface area contributed by atoms with Crippen LogP contribution >= 0.6 is 0 Å². The third-order valence-electron chi connectivity index (χ3n) is 3.56. The van der Waals surface area contributed by atoms with Crippen LogP contribution in [0.2, 0.25) is 0 Å². The van der Waals surface area contributed by atoms with E-state index in [2.05, 4.69) is 10.3 Å². The van der Waals surface area contributed by atoms with Crippen molar-refractivity contribution in [2.75, 3.05) is 31.3 Å². The van der Waals surface area contributed by atoms with E-state index in [1.54, 1.807) is 25.3 Å². The van der Waals surface area contributed by atoms with Gasteiger partial charge in [-0.15, -0.1) is 0 Å². The van der Waals surface area contributed by atoms with Crippen molar-refractivity contribution in [2.45, 2.75) is 25.8 Å². The smallest absolute Gasteiger partial charge is 0.341 e. The molecule has 0 saturated carbocycles. The van der Waals surface area contributed by atoms with Crippen molar-refractivity contribution in [3.8, 4) is 0 Å². The third-order valence-corrected chi connectivity index (χ3v) is 4.89. The largest absolute Gasteiger partial charge is 0.462 e. The van der Waals surface area contributed by atoms with Gasteiger partial charge in [0.25, 0.3) is 0 Å². The second kappa shape index (κ2) is 7.06. The number of carbonyl (C=O) groups excluding carboxylic acids is 1. The first-order valence-corrected chi connectivity index (χ1v) is 9.11. The number of nitrogens with one attached hydrogen (secondary N) is 1. The molecule has 2 rings (SSSR count). The van der Waals surface area contributed by atoms with Crippen molar-refractivity contribution < 1.29 is 17.9 Å². The lowest BCUT2D eigenvalue weighted by Crippen LogP contribution is -2.39. The number of nitrogens with zero attached hydrogens (tertiary/aromatic N) is 2. The van der Waals surface area contributed by atoms with Crippen molar-refractivity contribution in [2.24, 2.45) is 0 Å². The normalized spacial score (nSPS) is 19.1. The molecule has 1 aliphatic heterocycles. The van der Waals surface area contributed by atoms with E-state index >= 15 is 0 Å². The molecule has 0 unspecified atom stereocenters. The zero-order valence-corrected chi connectivity index (χ0v) is 13.6. The summed E-state index contributed by atoms with van der Waals surface area (Å²) in [6, 6.07) is 3.18. The van der Waals surface area contributed by atoms with Gasteiger partial charge in [-0.3, -0.25) is 0 Å². The highest BCUT2D eigenvalue weighted by Crippen LogP contribution is 2.21. The van der Waals surface area contributed by atoms with Crippen LogP contribution in [0, 0.1) is 0 Å². The molecule has 1 aromatic rings. The zero-order valence-electron chi connectivity index (χ0n) is 12.8. The predicted octanol–water partition coefficient (Wildman–Crippen LogP) is 1.09. The van der Waals surface area contributed by atoms with Crippen LogP contribution in [0.4, 0.5) is 5.82 Å². The number of carbonyl (C=O) groups is 1. The van der Waals surface area contributed by atoms with E-state index in [4.69, 9.17) is 4.74 Å². The first-order valence-electron chi connectivity index (χ1n) is 7.26. The number of aromatic nitrogens is 1. The number of rotatable bonds is 6. The molecule has 1 aliphatic rings. The van der Waals surface area contributed by atoms with Gasteiger partial charge in [-0.25, -0.2) is 18.2 Å². The quantitative estimate of drug-likeness (QED) is 0.787. The van der Waals surface area contributed by atoms with Gasteiger partial charge in [-0.2, -0.15) is 4.31 Å². The van der Waals surface area contributed by atoms with Crippen LogP contribution in [0.1, 0.15) is 30.1 Å². The Morgan fingerprint density at radius 1 is 1.55 bits per heavy atom. The maximum Gasteiger partial charge on any atom is 0.341 e. The first kappa shape index (κ1) is 16.7. The summed E-state index contributed by atoms with van der Waals surface area (Å²) < 4.78 is 29.9. The van der Waals surface area contributed by atoms with Crippen molar-refractivity contribution in [1.29, 1.82) is 0 Å². The molecule has 2 heterocycles. The highest BCUT2D eigenvalue weighted by atomic mass is 32.2. The molecule has 0 amide bonds. The molecule has 1 saturated heterocycles.